The summed E-state index contributed by atoms with van der Waals surface area (Å²) >= 11 is 0. The minimum absolute atomic E-state index is 0.0549. The Morgan fingerprint density at radius 2 is 2.10 bits per heavy atom. The standard InChI is InChI=1S/C14H12FN3O3/c15-9-1-2-10(13-8(9)3-4-16-13)17-11-7-12(20)18(5-6-19)14(11)21/h1-4,7,16-17,19H,5-6H2. The van der Waals surface area contributed by atoms with E-state index in [9.17, 15) is 14.0 Å². The zero-order chi connectivity index (χ0) is 15.0. The Labute approximate surface area is 118 Å². The van der Waals surface area contributed by atoms with Gasteiger partial charge in [-0.2, -0.15) is 0 Å². The number of nitrogens with one attached hydrogen (secondary N) is 2. The molecule has 0 unspecified atom stereocenters. The Hall–Kier alpha value is -2.67. The molecule has 7 heteroatoms. The number of aliphatic hydroxyl groups is 1. The number of amides is 2. The summed E-state index contributed by atoms with van der Waals surface area (Å²) in [6.07, 6.45) is 2.75. The van der Waals surface area contributed by atoms with Gasteiger partial charge in [-0.1, -0.05) is 0 Å². The summed E-state index contributed by atoms with van der Waals surface area (Å²) in [5, 5.41) is 12.1. The van der Waals surface area contributed by atoms with Crippen molar-refractivity contribution in [2.75, 3.05) is 18.5 Å². The fourth-order valence-electron chi connectivity index (χ4n) is 2.28. The largest absolute Gasteiger partial charge is 0.395 e. The van der Waals surface area contributed by atoms with Crippen LogP contribution >= 0.6 is 0 Å². The van der Waals surface area contributed by atoms with Crippen LogP contribution in [0.2, 0.25) is 0 Å². The zero-order valence-electron chi connectivity index (χ0n) is 10.9. The fourth-order valence-corrected chi connectivity index (χ4v) is 2.28. The first-order valence-corrected chi connectivity index (χ1v) is 6.33. The monoisotopic (exact) mass is 289 g/mol. The molecule has 3 N–H and O–H groups in total. The van der Waals surface area contributed by atoms with Crippen LogP contribution in [0.15, 0.2) is 36.2 Å². The lowest BCUT2D eigenvalue weighted by atomic mass is 10.2. The summed E-state index contributed by atoms with van der Waals surface area (Å²) in [7, 11) is 0. The van der Waals surface area contributed by atoms with Crippen LogP contribution in [-0.2, 0) is 9.59 Å². The number of hydrogen-bond acceptors (Lipinski definition) is 4. The molecule has 0 saturated heterocycles. The first-order chi connectivity index (χ1) is 10.1. The SMILES string of the molecule is O=C1C=C(Nc2ccc(F)c3cc[nH]c23)C(=O)N1CCO. The second-order valence-corrected chi connectivity index (χ2v) is 4.56. The number of aliphatic hydroxyl groups excluding tert-OH is 1. The van der Waals surface area contributed by atoms with Crippen molar-refractivity contribution < 1.29 is 19.1 Å². The predicted octanol–water partition coefficient (Wildman–Crippen LogP) is 0.964. The molecule has 0 atom stereocenters. The van der Waals surface area contributed by atoms with E-state index in [0.717, 1.165) is 11.0 Å². The quantitative estimate of drug-likeness (QED) is 0.732. The molecule has 1 aromatic carbocycles. The van der Waals surface area contributed by atoms with Crippen LogP contribution in [-0.4, -0.2) is 40.0 Å². The number of benzene rings is 1. The highest BCUT2D eigenvalue weighted by molar-refractivity contribution is 6.18. The molecule has 2 heterocycles. The van der Waals surface area contributed by atoms with Crippen molar-refractivity contribution in [2.45, 2.75) is 0 Å². The molecule has 21 heavy (non-hydrogen) atoms. The zero-order valence-corrected chi connectivity index (χ0v) is 10.9. The summed E-state index contributed by atoms with van der Waals surface area (Å²) in [5.74, 6) is -1.37. The van der Waals surface area contributed by atoms with E-state index in [0.29, 0.717) is 16.6 Å². The Morgan fingerprint density at radius 3 is 2.86 bits per heavy atom. The number of hydrogen-bond donors (Lipinski definition) is 3. The van der Waals surface area contributed by atoms with Gasteiger partial charge in [0.25, 0.3) is 11.8 Å². The maximum Gasteiger partial charge on any atom is 0.277 e. The number of imide groups is 1. The lowest BCUT2D eigenvalue weighted by Crippen LogP contribution is -2.34. The van der Waals surface area contributed by atoms with Crippen molar-refractivity contribution in [1.82, 2.24) is 9.88 Å². The molecule has 0 aliphatic carbocycles. The second kappa shape index (κ2) is 5.02. The third-order valence-corrected chi connectivity index (χ3v) is 3.27. The van der Waals surface area contributed by atoms with E-state index in [1.54, 1.807) is 12.3 Å². The van der Waals surface area contributed by atoms with Crippen molar-refractivity contribution in [3.63, 3.8) is 0 Å². The Balaban J connectivity index is 1.91. The number of carbonyl (C=O) groups excluding carboxylic acids is 2. The smallest absolute Gasteiger partial charge is 0.277 e. The predicted molar refractivity (Wildman–Crippen MR) is 73.8 cm³/mol. The van der Waals surface area contributed by atoms with Gasteiger partial charge in [0.05, 0.1) is 24.4 Å². The topological polar surface area (TPSA) is 85.4 Å². The summed E-state index contributed by atoms with van der Waals surface area (Å²) in [4.78, 5) is 27.5. The van der Waals surface area contributed by atoms with Gasteiger partial charge >= 0.3 is 0 Å². The maximum atomic E-state index is 13.6. The maximum absolute atomic E-state index is 13.6. The highest BCUT2D eigenvalue weighted by Gasteiger charge is 2.30. The summed E-state index contributed by atoms with van der Waals surface area (Å²) in [6, 6.07) is 4.36. The van der Waals surface area contributed by atoms with E-state index >= 15 is 0 Å². The molecule has 2 aromatic rings. The number of carbonyl (C=O) groups is 2. The molecule has 0 fully saturated rings. The molecular formula is C14H12FN3O3. The first-order valence-electron chi connectivity index (χ1n) is 6.33. The minimum Gasteiger partial charge on any atom is -0.395 e. The van der Waals surface area contributed by atoms with E-state index in [1.807, 2.05) is 0 Å². The molecule has 0 bridgehead atoms. The normalized spacial score (nSPS) is 15.0. The molecule has 0 radical (unpaired) electrons. The number of nitrogens with zero attached hydrogens (tertiary/aromatic N) is 1. The molecule has 0 saturated carbocycles. The Morgan fingerprint density at radius 1 is 1.29 bits per heavy atom. The fraction of sp³-hybridized carbons (Fsp3) is 0.143. The molecule has 1 aliphatic heterocycles. The number of aromatic nitrogens is 1. The van der Waals surface area contributed by atoms with Gasteiger partial charge in [-0.05, 0) is 18.2 Å². The van der Waals surface area contributed by atoms with Gasteiger partial charge in [-0.25, -0.2) is 4.39 Å². The number of β-amino-alcohol motifs (C(OH)–C–C–N with tert-alkyl or cyclic N) is 1. The van der Waals surface area contributed by atoms with E-state index in [1.165, 1.54) is 12.1 Å². The summed E-state index contributed by atoms with van der Waals surface area (Å²) in [6.45, 7) is -0.350. The molecule has 0 spiro atoms. The van der Waals surface area contributed by atoms with Gasteiger partial charge in [0.15, 0.2) is 0 Å². The van der Waals surface area contributed by atoms with Crippen LogP contribution < -0.4 is 5.32 Å². The van der Waals surface area contributed by atoms with Crippen molar-refractivity contribution >= 4 is 28.4 Å². The number of aromatic amines is 1. The van der Waals surface area contributed by atoms with Gasteiger partial charge < -0.3 is 15.4 Å². The van der Waals surface area contributed by atoms with Crippen LogP contribution in [0.1, 0.15) is 0 Å². The average Bonchev–Trinajstić information content (AvgIpc) is 3.04. The lowest BCUT2D eigenvalue weighted by molar-refractivity contribution is -0.137. The van der Waals surface area contributed by atoms with Gasteiger partial charge in [0, 0.05) is 17.7 Å². The highest BCUT2D eigenvalue weighted by Crippen LogP contribution is 2.26. The molecule has 108 valence electrons. The molecule has 1 aliphatic rings. The Bertz CT molecular complexity index is 766. The molecule has 3 rings (SSSR count). The van der Waals surface area contributed by atoms with E-state index in [-0.39, 0.29) is 24.7 Å². The summed E-state index contributed by atoms with van der Waals surface area (Å²) < 4.78 is 13.6. The average molecular weight is 289 g/mol. The van der Waals surface area contributed by atoms with Crippen LogP contribution in [0.3, 0.4) is 0 Å². The first kappa shape index (κ1) is 13.3. The molecule has 6 nitrogen and oxygen atoms in total. The number of H-pyrrole nitrogens is 1. The van der Waals surface area contributed by atoms with Crippen LogP contribution in [0.5, 0.6) is 0 Å². The van der Waals surface area contributed by atoms with Gasteiger partial charge in [-0.15, -0.1) is 0 Å². The lowest BCUT2D eigenvalue weighted by Gasteiger charge is -2.13. The van der Waals surface area contributed by atoms with Crippen molar-refractivity contribution in [3.05, 3.63) is 42.0 Å². The van der Waals surface area contributed by atoms with Gasteiger partial charge in [0.1, 0.15) is 11.5 Å². The van der Waals surface area contributed by atoms with E-state index in [2.05, 4.69) is 10.3 Å². The van der Waals surface area contributed by atoms with Gasteiger partial charge in [-0.3, -0.25) is 14.5 Å². The van der Waals surface area contributed by atoms with E-state index in [4.69, 9.17) is 5.11 Å². The van der Waals surface area contributed by atoms with Crippen LogP contribution in [0, 0.1) is 5.82 Å². The van der Waals surface area contributed by atoms with Crippen molar-refractivity contribution in [2.24, 2.45) is 0 Å². The van der Waals surface area contributed by atoms with Crippen LogP contribution in [0.25, 0.3) is 10.9 Å². The van der Waals surface area contributed by atoms with E-state index < -0.39 is 11.8 Å². The number of anilines is 1. The molecule has 2 amide bonds. The minimum atomic E-state index is -0.516. The molecular weight excluding hydrogens is 277 g/mol. The highest BCUT2D eigenvalue weighted by atomic mass is 19.1. The van der Waals surface area contributed by atoms with Gasteiger partial charge in [0.2, 0.25) is 0 Å². The molecule has 1 aromatic heterocycles. The third-order valence-electron chi connectivity index (χ3n) is 3.27. The second-order valence-electron chi connectivity index (χ2n) is 4.56. The van der Waals surface area contributed by atoms with Crippen molar-refractivity contribution in [3.8, 4) is 0 Å². The number of fused-ring (bicyclic) bond motifs is 1. The van der Waals surface area contributed by atoms with Crippen LogP contribution in [0.4, 0.5) is 10.1 Å². The Kier molecular flexibility index (Phi) is 3.19. The number of halogens is 1. The number of rotatable bonds is 4. The van der Waals surface area contributed by atoms with Crippen molar-refractivity contribution in [1.29, 1.82) is 0 Å². The summed E-state index contributed by atoms with van der Waals surface area (Å²) in [5.41, 5.74) is 1.10. The third kappa shape index (κ3) is 2.17.